The number of rotatable bonds is 0. The van der Waals surface area contributed by atoms with Crippen molar-refractivity contribution >= 4 is 16.2 Å². The molecule has 0 atom stereocenters. The highest BCUT2D eigenvalue weighted by Gasteiger charge is 2.00. The van der Waals surface area contributed by atoms with Crippen LogP contribution in [0.2, 0.25) is 0 Å². The van der Waals surface area contributed by atoms with E-state index in [0.717, 1.165) is 4.83 Å². The van der Waals surface area contributed by atoms with Crippen LogP contribution in [0.1, 0.15) is 5.82 Å². The molecule has 0 aliphatic carbocycles. The molecule has 2 rings (SSSR count). The molecule has 4 heteroatoms. The van der Waals surface area contributed by atoms with E-state index in [1.54, 1.807) is 21.9 Å². The van der Waals surface area contributed by atoms with E-state index in [1.807, 2.05) is 17.6 Å². The van der Waals surface area contributed by atoms with Crippen molar-refractivity contribution < 1.29 is 0 Å². The van der Waals surface area contributed by atoms with E-state index in [1.165, 1.54) is 0 Å². The Morgan fingerprint density at radius 1 is 1.70 bits per heavy atom. The van der Waals surface area contributed by atoms with Gasteiger partial charge in [0.25, 0.3) is 0 Å². The fraction of sp³-hybridized carbons (Fsp3) is 0. The molecule has 0 N–H and O–H groups in total. The first-order valence-corrected chi connectivity index (χ1v) is 3.60. The number of aromatic nitrogens is 2. The molecule has 0 saturated heterocycles. The normalized spacial score (nSPS) is 9.90. The van der Waals surface area contributed by atoms with Gasteiger partial charge in [-0.1, -0.05) is 0 Å². The number of nitriles is 1. The lowest BCUT2D eigenvalue weighted by Crippen LogP contribution is -1.81. The van der Waals surface area contributed by atoms with Crippen molar-refractivity contribution in [1.29, 1.82) is 5.26 Å². The van der Waals surface area contributed by atoms with Crippen LogP contribution in [0.15, 0.2) is 17.8 Å². The first kappa shape index (κ1) is 5.45. The van der Waals surface area contributed by atoms with Gasteiger partial charge in [0.1, 0.15) is 10.9 Å². The fourth-order valence-electron chi connectivity index (χ4n) is 0.820. The molecule has 0 aliphatic heterocycles. The van der Waals surface area contributed by atoms with Crippen molar-refractivity contribution in [2.75, 3.05) is 0 Å². The van der Waals surface area contributed by atoms with E-state index in [-0.39, 0.29) is 0 Å². The summed E-state index contributed by atoms with van der Waals surface area (Å²) in [6, 6.07) is 1.99. The molecule has 0 amide bonds. The average Bonchev–Trinajstić information content (AvgIpc) is 2.44. The van der Waals surface area contributed by atoms with Crippen molar-refractivity contribution in [2.45, 2.75) is 0 Å². The van der Waals surface area contributed by atoms with Crippen molar-refractivity contribution in [1.82, 2.24) is 9.38 Å². The van der Waals surface area contributed by atoms with Crippen molar-refractivity contribution in [2.24, 2.45) is 0 Å². The lowest BCUT2D eigenvalue weighted by atomic mass is 10.7. The smallest absolute Gasteiger partial charge is 0.218 e. The number of hydrogen-bond donors (Lipinski definition) is 0. The topological polar surface area (TPSA) is 41.1 Å². The van der Waals surface area contributed by atoms with E-state index in [0.29, 0.717) is 5.82 Å². The summed E-state index contributed by atoms with van der Waals surface area (Å²) in [5.74, 6) is 0.455. The van der Waals surface area contributed by atoms with Crippen LogP contribution in [0.3, 0.4) is 0 Å². The molecule has 2 aromatic rings. The summed E-state index contributed by atoms with van der Waals surface area (Å²) in [7, 11) is 0. The minimum atomic E-state index is 0.455. The van der Waals surface area contributed by atoms with Gasteiger partial charge in [-0.15, -0.1) is 11.3 Å². The summed E-state index contributed by atoms with van der Waals surface area (Å²) < 4.78 is 1.77. The van der Waals surface area contributed by atoms with Crippen molar-refractivity contribution in [3.05, 3.63) is 23.6 Å². The lowest BCUT2D eigenvalue weighted by molar-refractivity contribution is 1.12. The third-order valence-corrected chi connectivity index (χ3v) is 2.06. The molecule has 2 heterocycles. The van der Waals surface area contributed by atoms with Gasteiger partial charge in [0.05, 0.1) is 6.20 Å². The third kappa shape index (κ3) is 0.552. The molecular weight excluding hydrogens is 146 g/mol. The van der Waals surface area contributed by atoms with Gasteiger partial charge in [0.2, 0.25) is 5.82 Å². The van der Waals surface area contributed by atoms with E-state index in [4.69, 9.17) is 5.26 Å². The van der Waals surface area contributed by atoms with Gasteiger partial charge in [-0.05, 0) is 0 Å². The molecule has 0 spiro atoms. The standard InChI is InChI=1S/C6H3N3S/c7-3-5-8-4-6-9(5)1-2-10-6/h1-2,4H. The molecular formula is C6H3N3S. The minimum absolute atomic E-state index is 0.455. The summed E-state index contributed by atoms with van der Waals surface area (Å²) in [5, 5.41) is 10.4. The predicted molar refractivity (Wildman–Crippen MR) is 37.8 cm³/mol. The van der Waals surface area contributed by atoms with Crippen molar-refractivity contribution in [3.63, 3.8) is 0 Å². The van der Waals surface area contributed by atoms with Crippen LogP contribution in [0.25, 0.3) is 4.83 Å². The van der Waals surface area contributed by atoms with Crippen molar-refractivity contribution in [3.8, 4) is 6.07 Å². The number of fused-ring (bicyclic) bond motifs is 1. The minimum Gasteiger partial charge on any atom is -0.282 e. The Labute approximate surface area is 61.2 Å². The highest BCUT2D eigenvalue weighted by atomic mass is 32.1. The van der Waals surface area contributed by atoms with Gasteiger partial charge < -0.3 is 0 Å². The molecule has 0 saturated carbocycles. The monoisotopic (exact) mass is 149 g/mol. The third-order valence-electron chi connectivity index (χ3n) is 1.26. The van der Waals surface area contributed by atoms with E-state index < -0.39 is 0 Å². The van der Waals surface area contributed by atoms with Gasteiger partial charge in [0.15, 0.2) is 0 Å². The summed E-state index contributed by atoms with van der Waals surface area (Å²) in [4.78, 5) is 4.90. The van der Waals surface area contributed by atoms with Crippen LogP contribution in [-0.2, 0) is 0 Å². The van der Waals surface area contributed by atoms with Crippen LogP contribution >= 0.6 is 11.3 Å². The largest absolute Gasteiger partial charge is 0.282 e. The predicted octanol–water partition coefficient (Wildman–Crippen LogP) is 1.27. The number of hydrogen-bond acceptors (Lipinski definition) is 3. The Balaban J connectivity index is 2.92. The van der Waals surface area contributed by atoms with E-state index in [2.05, 4.69) is 4.98 Å². The summed E-state index contributed by atoms with van der Waals surface area (Å²) in [6.45, 7) is 0. The van der Waals surface area contributed by atoms with Crippen LogP contribution in [-0.4, -0.2) is 9.38 Å². The average molecular weight is 149 g/mol. The highest BCUT2D eigenvalue weighted by Crippen LogP contribution is 2.11. The van der Waals surface area contributed by atoms with Gasteiger partial charge in [-0.3, -0.25) is 4.40 Å². The number of imidazole rings is 1. The van der Waals surface area contributed by atoms with Gasteiger partial charge in [0, 0.05) is 11.6 Å². The number of thiazole rings is 1. The second-order valence-electron chi connectivity index (χ2n) is 1.80. The Bertz CT molecular complexity index is 392. The molecule has 0 aliphatic rings. The van der Waals surface area contributed by atoms with Gasteiger partial charge in [-0.25, -0.2) is 4.98 Å². The number of nitrogens with zero attached hydrogens (tertiary/aromatic N) is 3. The van der Waals surface area contributed by atoms with Crippen LogP contribution in [0, 0.1) is 11.3 Å². The maximum Gasteiger partial charge on any atom is 0.218 e. The summed E-state index contributed by atoms with van der Waals surface area (Å²) >= 11 is 1.57. The van der Waals surface area contributed by atoms with Gasteiger partial charge >= 0.3 is 0 Å². The van der Waals surface area contributed by atoms with Crippen LogP contribution in [0.4, 0.5) is 0 Å². The second kappa shape index (κ2) is 1.82. The van der Waals surface area contributed by atoms with Gasteiger partial charge in [-0.2, -0.15) is 5.26 Å². The SMILES string of the molecule is N#Cc1ncc2sccn12. The molecule has 0 unspecified atom stereocenters. The quantitative estimate of drug-likeness (QED) is 0.566. The molecule has 0 radical (unpaired) electrons. The first-order valence-electron chi connectivity index (χ1n) is 2.72. The maximum atomic E-state index is 8.51. The fourth-order valence-corrected chi connectivity index (χ4v) is 1.52. The molecule has 10 heavy (non-hydrogen) atoms. The second-order valence-corrected chi connectivity index (χ2v) is 2.73. The summed E-state index contributed by atoms with van der Waals surface area (Å²) in [5.41, 5.74) is 0. The lowest BCUT2D eigenvalue weighted by Gasteiger charge is -1.79. The zero-order valence-corrected chi connectivity index (χ0v) is 5.80. The molecule has 3 nitrogen and oxygen atoms in total. The summed E-state index contributed by atoms with van der Waals surface area (Å²) in [6.07, 6.45) is 3.54. The van der Waals surface area contributed by atoms with E-state index >= 15 is 0 Å². The van der Waals surface area contributed by atoms with Crippen LogP contribution < -0.4 is 0 Å². The Kier molecular flexibility index (Phi) is 0.992. The van der Waals surface area contributed by atoms with Crippen LogP contribution in [0.5, 0.6) is 0 Å². The highest BCUT2D eigenvalue weighted by molar-refractivity contribution is 7.15. The molecule has 0 fully saturated rings. The zero-order chi connectivity index (χ0) is 6.97. The molecule has 0 bridgehead atoms. The molecule has 0 aromatic carbocycles. The Morgan fingerprint density at radius 3 is 3.40 bits per heavy atom. The Morgan fingerprint density at radius 2 is 2.60 bits per heavy atom. The maximum absolute atomic E-state index is 8.51. The first-order chi connectivity index (χ1) is 4.92. The van der Waals surface area contributed by atoms with E-state index in [9.17, 15) is 0 Å². The molecule has 2 aromatic heterocycles. The zero-order valence-electron chi connectivity index (χ0n) is 4.98. The Hall–Kier alpha value is -1.34. The molecule has 48 valence electrons.